The topological polar surface area (TPSA) is 60.7 Å². The molecular formula is C17H18O3. The first-order valence-corrected chi connectivity index (χ1v) is 6.96. The molecule has 1 aliphatic carbocycles. The molecule has 2 aromatic rings. The van der Waals surface area contributed by atoms with Crippen LogP contribution in [0.2, 0.25) is 0 Å². The quantitative estimate of drug-likeness (QED) is 0.732. The Labute approximate surface area is 118 Å². The lowest BCUT2D eigenvalue weighted by atomic mass is 9.79. The predicted octanol–water partition coefficient (Wildman–Crippen LogP) is 3.47. The van der Waals surface area contributed by atoms with Crippen molar-refractivity contribution in [2.45, 2.75) is 31.6 Å². The molecule has 2 aromatic carbocycles. The lowest BCUT2D eigenvalue weighted by Crippen LogP contribution is -2.12. The van der Waals surface area contributed by atoms with Gasteiger partial charge < -0.3 is 15.3 Å². The van der Waals surface area contributed by atoms with E-state index in [9.17, 15) is 15.3 Å². The molecule has 20 heavy (non-hydrogen) atoms. The van der Waals surface area contributed by atoms with Crippen molar-refractivity contribution in [2.24, 2.45) is 0 Å². The van der Waals surface area contributed by atoms with Gasteiger partial charge in [0.05, 0.1) is 0 Å². The molecular weight excluding hydrogens is 252 g/mol. The molecule has 0 heterocycles. The summed E-state index contributed by atoms with van der Waals surface area (Å²) >= 11 is 0. The zero-order chi connectivity index (χ0) is 14.1. The minimum Gasteiger partial charge on any atom is -0.508 e. The summed E-state index contributed by atoms with van der Waals surface area (Å²) in [6.45, 7) is 0. The SMILES string of the molecule is Oc1cccc(CC2CCCc3cc(O)c(O)cc32)c1. The van der Waals surface area contributed by atoms with Gasteiger partial charge in [-0.1, -0.05) is 12.1 Å². The van der Waals surface area contributed by atoms with E-state index in [2.05, 4.69) is 0 Å². The summed E-state index contributed by atoms with van der Waals surface area (Å²) in [7, 11) is 0. The molecule has 3 N–H and O–H groups in total. The third-order valence-electron chi connectivity index (χ3n) is 4.07. The van der Waals surface area contributed by atoms with Crippen molar-refractivity contribution in [1.82, 2.24) is 0 Å². The van der Waals surface area contributed by atoms with Crippen molar-refractivity contribution in [1.29, 1.82) is 0 Å². The number of fused-ring (bicyclic) bond motifs is 1. The first kappa shape index (κ1) is 12.9. The smallest absolute Gasteiger partial charge is 0.157 e. The fourth-order valence-corrected chi connectivity index (χ4v) is 3.11. The molecule has 0 spiro atoms. The van der Waals surface area contributed by atoms with Crippen LogP contribution in [-0.2, 0) is 12.8 Å². The van der Waals surface area contributed by atoms with E-state index in [1.165, 1.54) is 0 Å². The maximum Gasteiger partial charge on any atom is 0.157 e. The van der Waals surface area contributed by atoms with Gasteiger partial charge in [0.2, 0.25) is 0 Å². The number of phenolic OH excluding ortho intramolecular Hbond substituents is 3. The fraction of sp³-hybridized carbons (Fsp3) is 0.294. The number of phenols is 3. The van der Waals surface area contributed by atoms with Gasteiger partial charge in [-0.3, -0.25) is 0 Å². The van der Waals surface area contributed by atoms with Gasteiger partial charge in [0, 0.05) is 0 Å². The minimum atomic E-state index is -0.0495. The van der Waals surface area contributed by atoms with Crippen LogP contribution in [0.4, 0.5) is 0 Å². The highest BCUT2D eigenvalue weighted by molar-refractivity contribution is 5.48. The molecule has 1 unspecified atom stereocenters. The predicted molar refractivity (Wildman–Crippen MR) is 77.3 cm³/mol. The molecule has 3 rings (SSSR count). The van der Waals surface area contributed by atoms with E-state index in [4.69, 9.17) is 0 Å². The van der Waals surface area contributed by atoms with Crippen LogP contribution < -0.4 is 0 Å². The summed E-state index contributed by atoms with van der Waals surface area (Å²) in [6.07, 6.45) is 3.93. The maximum absolute atomic E-state index is 9.71. The number of hydrogen-bond acceptors (Lipinski definition) is 3. The van der Waals surface area contributed by atoms with Crippen molar-refractivity contribution < 1.29 is 15.3 Å². The maximum atomic E-state index is 9.71. The molecule has 0 radical (unpaired) electrons. The van der Waals surface area contributed by atoms with Crippen molar-refractivity contribution >= 4 is 0 Å². The normalized spacial score (nSPS) is 17.7. The standard InChI is InChI=1S/C17H18O3/c18-14-6-1-3-11(8-14)7-12-4-2-5-13-9-16(19)17(20)10-15(12)13/h1,3,6,8-10,12,18-20H,2,4-5,7H2. The van der Waals surface area contributed by atoms with Crippen LogP contribution in [0.1, 0.15) is 35.4 Å². The Morgan fingerprint density at radius 3 is 2.60 bits per heavy atom. The van der Waals surface area contributed by atoms with Crippen LogP contribution in [0.5, 0.6) is 17.2 Å². The molecule has 104 valence electrons. The lowest BCUT2D eigenvalue weighted by Gasteiger charge is -2.26. The Hall–Kier alpha value is -2.16. The molecule has 0 aromatic heterocycles. The van der Waals surface area contributed by atoms with Crippen LogP contribution in [0, 0.1) is 0 Å². The number of hydrogen-bond donors (Lipinski definition) is 3. The van der Waals surface area contributed by atoms with E-state index in [1.54, 1.807) is 24.3 Å². The van der Waals surface area contributed by atoms with E-state index in [-0.39, 0.29) is 17.2 Å². The molecule has 3 heteroatoms. The zero-order valence-electron chi connectivity index (χ0n) is 11.2. The van der Waals surface area contributed by atoms with Crippen molar-refractivity contribution in [2.75, 3.05) is 0 Å². The third-order valence-corrected chi connectivity index (χ3v) is 4.07. The highest BCUT2D eigenvalue weighted by atomic mass is 16.3. The van der Waals surface area contributed by atoms with Crippen LogP contribution >= 0.6 is 0 Å². The highest BCUT2D eigenvalue weighted by Gasteiger charge is 2.22. The summed E-state index contributed by atoms with van der Waals surface area (Å²) in [5, 5.41) is 28.9. The summed E-state index contributed by atoms with van der Waals surface area (Å²) in [5.74, 6) is 0.521. The van der Waals surface area contributed by atoms with Gasteiger partial charge in [0.1, 0.15) is 5.75 Å². The Kier molecular flexibility index (Phi) is 3.26. The molecule has 0 saturated carbocycles. The average molecular weight is 270 g/mol. The van der Waals surface area contributed by atoms with Crippen LogP contribution in [-0.4, -0.2) is 15.3 Å². The Balaban J connectivity index is 1.92. The number of aromatic hydroxyl groups is 3. The van der Waals surface area contributed by atoms with E-state index >= 15 is 0 Å². The second kappa shape index (κ2) is 5.08. The Morgan fingerprint density at radius 1 is 1.00 bits per heavy atom. The van der Waals surface area contributed by atoms with Gasteiger partial charge in [-0.25, -0.2) is 0 Å². The van der Waals surface area contributed by atoms with E-state index in [0.29, 0.717) is 5.92 Å². The van der Waals surface area contributed by atoms with Gasteiger partial charge in [-0.15, -0.1) is 0 Å². The van der Waals surface area contributed by atoms with Crippen LogP contribution in [0.3, 0.4) is 0 Å². The molecule has 0 aliphatic heterocycles. The number of aryl methyl sites for hydroxylation is 1. The molecule has 1 aliphatic rings. The first-order chi connectivity index (χ1) is 9.63. The Bertz CT molecular complexity index is 634. The second-order valence-corrected chi connectivity index (χ2v) is 5.50. The fourth-order valence-electron chi connectivity index (χ4n) is 3.11. The van der Waals surface area contributed by atoms with Gasteiger partial charge in [0.15, 0.2) is 11.5 Å². The molecule has 1 atom stereocenters. The van der Waals surface area contributed by atoms with Gasteiger partial charge in [-0.2, -0.15) is 0 Å². The summed E-state index contributed by atoms with van der Waals surface area (Å²) in [4.78, 5) is 0. The van der Waals surface area contributed by atoms with Gasteiger partial charge in [-0.05, 0) is 72.6 Å². The monoisotopic (exact) mass is 270 g/mol. The zero-order valence-corrected chi connectivity index (χ0v) is 11.2. The molecule has 0 saturated heterocycles. The number of rotatable bonds is 2. The highest BCUT2D eigenvalue weighted by Crippen LogP contribution is 2.39. The van der Waals surface area contributed by atoms with E-state index < -0.39 is 0 Å². The first-order valence-electron chi connectivity index (χ1n) is 6.96. The minimum absolute atomic E-state index is 0.0400. The van der Waals surface area contributed by atoms with Gasteiger partial charge in [0.25, 0.3) is 0 Å². The largest absolute Gasteiger partial charge is 0.508 e. The van der Waals surface area contributed by atoms with Crippen molar-refractivity contribution in [3.8, 4) is 17.2 Å². The van der Waals surface area contributed by atoms with Gasteiger partial charge >= 0.3 is 0 Å². The van der Waals surface area contributed by atoms with Crippen LogP contribution in [0.25, 0.3) is 0 Å². The second-order valence-electron chi connectivity index (χ2n) is 5.50. The summed E-state index contributed by atoms with van der Waals surface area (Å²) in [5.41, 5.74) is 3.34. The van der Waals surface area contributed by atoms with Crippen molar-refractivity contribution in [3.63, 3.8) is 0 Å². The molecule has 0 bridgehead atoms. The van der Waals surface area contributed by atoms with E-state index in [0.717, 1.165) is 42.4 Å². The third kappa shape index (κ3) is 2.44. The van der Waals surface area contributed by atoms with Crippen molar-refractivity contribution in [3.05, 3.63) is 53.1 Å². The summed E-state index contributed by atoms with van der Waals surface area (Å²) < 4.78 is 0. The Morgan fingerprint density at radius 2 is 1.80 bits per heavy atom. The summed E-state index contributed by atoms with van der Waals surface area (Å²) in [6, 6.07) is 10.7. The molecule has 0 amide bonds. The van der Waals surface area contributed by atoms with Crippen LogP contribution in [0.15, 0.2) is 36.4 Å². The lowest BCUT2D eigenvalue weighted by molar-refractivity contribution is 0.399. The molecule has 0 fully saturated rings. The number of benzene rings is 2. The van der Waals surface area contributed by atoms with E-state index in [1.807, 2.05) is 12.1 Å². The average Bonchev–Trinajstić information content (AvgIpc) is 2.41. The molecule has 3 nitrogen and oxygen atoms in total.